The molecule has 0 radical (unpaired) electrons. The van der Waals surface area contributed by atoms with Crippen LogP contribution in [0.25, 0.3) is 5.57 Å². The minimum atomic E-state index is 0.298. The summed E-state index contributed by atoms with van der Waals surface area (Å²) in [6.07, 6.45) is 2.65. The number of hydrogen-bond acceptors (Lipinski definition) is 7. The van der Waals surface area contributed by atoms with E-state index in [0.717, 1.165) is 44.5 Å². The molecule has 0 unspecified atom stereocenters. The van der Waals surface area contributed by atoms with Crippen LogP contribution >= 0.6 is 0 Å². The third-order valence-electron chi connectivity index (χ3n) is 6.67. The molecular weight excluding hydrogens is 484 g/mol. The average Bonchev–Trinajstić information content (AvgIpc) is 2.90. The summed E-state index contributed by atoms with van der Waals surface area (Å²) >= 11 is 0. The number of hydrogen-bond donors (Lipinski definition) is 2. The van der Waals surface area contributed by atoms with Crippen molar-refractivity contribution >= 4 is 5.57 Å². The first-order valence-corrected chi connectivity index (χ1v) is 13.1. The van der Waals surface area contributed by atoms with E-state index in [-0.39, 0.29) is 0 Å². The summed E-state index contributed by atoms with van der Waals surface area (Å²) in [7, 11) is 0. The third kappa shape index (κ3) is 6.78. The van der Waals surface area contributed by atoms with Gasteiger partial charge in [0.2, 0.25) is 0 Å². The van der Waals surface area contributed by atoms with Gasteiger partial charge in [0, 0.05) is 0 Å². The number of phenolic OH excluding ortho intramolecular Hbond substituents is 1. The molecule has 1 aliphatic heterocycles. The Bertz CT molecular complexity index is 1220. The predicted octanol–water partition coefficient (Wildman–Crippen LogP) is 5.81. The number of aromatic hydroxyl groups is 1. The molecule has 2 aromatic carbocycles. The molecule has 7 heteroatoms. The fraction of sp³-hybridized carbons (Fsp3) is 0.419. The number of allylic oxidation sites excluding steroid dienone is 4. The van der Waals surface area contributed by atoms with Crippen molar-refractivity contribution in [1.82, 2.24) is 0 Å². The SMILES string of the molecule is CC1=CC(=C(c2cc(C)c(O)c(C)c2)c2ccc3c(c2)OCCOCCOCCOCCO3)CC(C)=C1O. The van der Waals surface area contributed by atoms with Crippen LogP contribution in [0.2, 0.25) is 0 Å². The lowest BCUT2D eigenvalue weighted by atomic mass is 9.85. The molecule has 1 aliphatic carbocycles. The highest BCUT2D eigenvalue weighted by Crippen LogP contribution is 2.40. The van der Waals surface area contributed by atoms with Crippen molar-refractivity contribution in [2.45, 2.75) is 34.1 Å². The van der Waals surface area contributed by atoms with Gasteiger partial charge in [-0.05, 0) is 103 Å². The molecule has 0 aromatic heterocycles. The van der Waals surface area contributed by atoms with Crippen LogP contribution in [0.1, 0.15) is 42.5 Å². The molecule has 1 heterocycles. The van der Waals surface area contributed by atoms with Crippen LogP contribution in [0.4, 0.5) is 0 Å². The zero-order valence-electron chi connectivity index (χ0n) is 22.8. The Labute approximate surface area is 224 Å². The van der Waals surface area contributed by atoms with Crippen LogP contribution in [0.3, 0.4) is 0 Å². The second-order valence-electron chi connectivity index (χ2n) is 9.69. The van der Waals surface area contributed by atoms with Gasteiger partial charge in [-0.1, -0.05) is 12.1 Å². The molecule has 204 valence electrons. The number of phenols is 1. The van der Waals surface area contributed by atoms with Crippen LogP contribution in [0.15, 0.2) is 58.9 Å². The third-order valence-corrected chi connectivity index (χ3v) is 6.67. The molecule has 0 amide bonds. The minimum Gasteiger partial charge on any atom is -0.508 e. The highest BCUT2D eigenvalue weighted by molar-refractivity contribution is 5.86. The molecule has 0 spiro atoms. The van der Waals surface area contributed by atoms with Gasteiger partial charge < -0.3 is 33.9 Å². The van der Waals surface area contributed by atoms with E-state index in [1.165, 1.54) is 0 Å². The predicted molar refractivity (Wildman–Crippen MR) is 147 cm³/mol. The molecule has 7 nitrogen and oxygen atoms in total. The van der Waals surface area contributed by atoms with E-state index in [4.69, 9.17) is 23.7 Å². The van der Waals surface area contributed by atoms with Gasteiger partial charge in [0.1, 0.15) is 24.7 Å². The zero-order chi connectivity index (χ0) is 27.1. The van der Waals surface area contributed by atoms with Crippen molar-refractivity contribution < 1.29 is 33.9 Å². The van der Waals surface area contributed by atoms with Crippen molar-refractivity contribution in [2.24, 2.45) is 0 Å². The molecular formula is C31H38O7. The lowest BCUT2D eigenvalue weighted by Gasteiger charge is -2.22. The average molecular weight is 523 g/mol. The Balaban J connectivity index is 1.77. The Hall–Kier alpha value is -3.26. The standard InChI is InChI=1S/C31H38O7/c1-20-15-25(16-21(2)30(20)32)29(26-17-22(3)31(33)23(4)18-26)24-5-6-27-28(19-24)38-14-12-36-10-8-34-7-9-35-11-13-37-27/h5-6,15-17,19,32-33H,7-14,18H2,1-4H3. The van der Waals surface area contributed by atoms with Gasteiger partial charge in [-0.3, -0.25) is 0 Å². The lowest BCUT2D eigenvalue weighted by molar-refractivity contribution is 0.00708. The summed E-state index contributed by atoms with van der Waals surface area (Å²) in [5.74, 6) is 1.89. The molecule has 0 atom stereocenters. The first-order chi connectivity index (χ1) is 18.3. The molecule has 38 heavy (non-hydrogen) atoms. The maximum atomic E-state index is 10.5. The quantitative estimate of drug-likeness (QED) is 0.514. The summed E-state index contributed by atoms with van der Waals surface area (Å²) in [5.41, 5.74) is 7.38. The number of ether oxygens (including phenoxy) is 5. The number of aryl methyl sites for hydroxylation is 2. The smallest absolute Gasteiger partial charge is 0.161 e. The van der Waals surface area contributed by atoms with Crippen LogP contribution < -0.4 is 9.47 Å². The monoisotopic (exact) mass is 522 g/mol. The molecule has 0 saturated heterocycles. The van der Waals surface area contributed by atoms with Gasteiger partial charge in [0.15, 0.2) is 11.5 Å². The highest BCUT2D eigenvalue weighted by Gasteiger charge is 2.20. The van der Waals surface area contributed by atoms with E-state index in [0.29, 0.717) is 82.3 Å². The lowest BCUT2D eigenvalue weighted by Crippen LogP contribution is -2.13. The number of rotatable bonds is 2. The van der Waals surface area contributed by atoms with Crippen LogP contribution in [0.5, 0.6) is 17.2 Å². The van der Waals surface area contributed by atoms with Crippen molar-refractivity contribution in [3.05, 3.63) is 81.1 Å². The van der Waals surface area contributed by atoms with Crippen LogP contribution in [-0.4, -0.2) is 63.1 Å². The van der Waals surface area contributed by atoms with E-state index in [2.05, 4.69) is 0 Å². The molecule has 2 N–H and O–H groups in total. The first kappa shape index (κ1) is 27.8. The Morgan fingerprint density at radius 1 is 0.658 bits per heavy atom. The van der Waals surface area contributed by atoms with Crippen molar-refractivity contribution in [3.8, 4) is 17.2 Å². The van der Waals surface area contributed by atoms with E-state index in [1.807, 2.05) is 64.1 Å². The molecule has 2 aliphatic rings. The summed E-state index contributed by atoms with van der Waals surface area (Å²) in [5, 5.41) is 20.9. The fourth-order valence-electron chi connectivity index (χ4n) is 4.74. The van der Waals surface area contributed by atoms with Crippen molar-refractivity contribution in [1.29, 1.82) is 0 Å². The second-order valence-corrected chi connectivity index (χ2v) is 9.69. The van der Waals surface area contributed by atoms with Gasteiger partial charge in [0.05, 0.1) is 39.6 Å². The summed E-state index contributed by atoms with van der Waals surface area (Å²) in [4.78, 5) is 0. The Morgan fingerprint density at radius 2 is 1.21 bits per heavy atom. The number of benzene rings is 2. The van der Waals surface area contributed by atoms with Crippen LogP contribution in [0, 0.1) is 13.8 Å². The van der Waals surface area contributed by atoms with Crippen molar-refractivity contribution in [2.75, 3.05) is 52.9 Å². The Morgan fingerprint density at radius 3 is 1.79 bits per heavy atom. The number of aliphatic hydroxyl groups excluding tert-OH is 1. The van der Waals surface area contributed by atoms with Gasteiger partial charge in [-0.2, -0.15) is 0 Å². The van der Waals surface area contributed by atoms with Crippen molar-refractivity contribution in [3.63, 3.8) is 0 Å². The summed E-state index contributed by atoms with van der Waals surface area (Å²) in [6, 6.07) is 9.95. The molecule has 2 aromatic rings. The second kappa shape index (κ2) is 13.0. The van der Waals surface area contributed by atoms with Gasteiger partial charge in [0.25, 0.3) is 0 Å². The topological polar surface area (TPSA) is 86.6 Å². The summed E-state index contributed by atoms with van der Waals surface area (Å²) in [6.45, 7) is 11.3. The molecule has 0 fully saturated rings. The van der Waals surface area contributed by atoms with Gasteiger partial charge in [-0.25, -0.2) is 0 Å². The van der Waals surface area contributed by atoms with E-state index >= 15 is 0 Å². The first-order valence-electron chi connectivity index (χ1n) is 13.1. The normalized spacial score (nSPS) is 19.3. The number of fused-ring (bicyclic) bond motifs is 1. The minimum absolute atomic E-state index is 0.298. The molecule has 0 saturated carbocycles. The summed E-state index contributed by atoms with van der Waals surface area (Å²) < 4.78 is 28.9. The molecule has 4 rings (SSSR count). The van der Waals surface area contributed by atoms with E-state index in [9.17, 15) is 10.2 Å². The molecule has 0 bridgehead atoms. The zero-order valence-corrected chi connectivity index (χ0v) is 22.8. The number of aliphatic hydroxyl groups is 1. The van der Waals surface area contributed by atoms with Gasteiger partial charge >= 0.3 is 0 Å². The van der Waals surface area contributed by atoms with E-state index in [1.54, 1.807) is 0 Å². The highest BCUT2D eigenvalue weighted by atomic mass is 16.6. The largest absolute Gasteiger partial charge is 0.508 e. The van der Waals surface area contributed by atoms with Crippen LogP contribution in [-0.2, 0) is 14.2 Å². The maximum Gasteiger partial charge on any atom is 0.161 e. The fourth-order valence-corrected chi connectivity index (χ4v) is 4.74. The Kier molecular flexibility index (Phi) is 9.50. The van der Waals surface area contributed by atoms with Gasteiger partial charge in [-0.15, -0.1) is 0 Å². The maximum absolute atomic E-state index is 10.5. The van der Waals surface area contributed by atoms with E-state index < -0.39 is 0 Å².